The molecule has 0 radical (unpaired) electrons. The lowest BCUT2D eigenvalue weighted by Gasteiger charge is -2.06. The molecule has 0 saturated carbocycles. The second-order valence-corrected chi connectivity index (χ2v) is 3.76. The molecule has 1 aromatic rings. The fourth-order valence-electron chi connectivity index (χ4n) is 1.16. The minimum atomic E-state index is -4.35. The molecule has 0 spiro atoms. The first-order valence-electron chi connectivity index (χ1n) is 5.17. The van der Waals surface area contributed by atoms with Gasteiger partial charge < -0.3 is 5.32 Å². The van der Waals surface area contributed by atoms with E-state index in [2.05, 4.69) is 15.8 Å². The van der Waals surface area contributed by atoms with Gasteiger partial charge in [-0.3, -0.25) is 5.43 Å². The van der Waals surface area contributed by atoms with Gasteiger partial charge in [0.25, 0.3) is 0 Å². The summed E-state index contributed by atoms with van der Waals surface area (Å²) in [5.74, 6) is 0. The molecule has 0 aliphatic heterocycles. The summed E-state index contributed by atoms with van der Waals surface area (Å²) in [6, 6.07) is 4.87. The van der Waals surface area contributed by atoms with Gasteiger partial charge in [0, 0.05) is 6.54 Å². The Morgan fingerprint density at radius 2 is 2.17 bits per heavy atom. The summed E-state index contributed by atoms with van der Waals surface area (Å²) in [5.41, 5.74) is 2.14. The Bertz CT molecular complexity index is 443. The quantitative estimate of drug-likeness (QED) is 0.505. The van der Waals surface area contributed by atoms with E-state index in [9.17, 15) is 13.2 Å². The Labute approximate surface area is 108 Å². The van der Waals surface area contributed by atoms with E-state index in [-0.39, 0.29) is 0 Å². The third kappa shape index (κ3) is 4.70. The summed E-state index contributed by atoms with van der Waals surface area (Å²) < 4.78 is 37.3. The van der Waals surface area contributed by atoms with Gasteiger partial charge in [-0.25, -0.2) is 0 Å². The third-order valence-corrected chi connectivity index (χ3v) is 2.17. The predicted octanol–water partition coefficient (Wildman–Crippen LogP) is 2.52. The molecule has 0 aliphatic rings. The Morgan fingerprint density at radius 3 is 2.78 bits per heavy atom. The average Bonchev–Trinajstić information content (AvgIpc) is 2.29. The van der Waals surface area contributed by atoms with Crippen molar-refractivity contribution < 1.29 is 13.2 Å². The molecule has 2 N–H and O–H groups in total. The first-order chi connectivity index (χ1) is 8.43. The number of nitrogens with one attached hydrogen (secondary N) is 2. The van der Waals surface area contributed by atoms with Crippen LogP contribution >= 0.6 is 12.2 Å². The smallest absolute Gasteiger partial charge is 0.362 e. The standard InChI is InChI=1S/C11H12F3N3S/c1-2-15-10(18)17-16-7-8-4-3-5-9(6-8)11(12,13)14/h3-7H,2H2,1H3,(H2,15,17,18)/b16-7+. The third-order valence-electron chi connectivity index (χ3n) is 1.93. The highest BCUT2D eigenvalue weighted by Crippen LogP contribution is 2.29. The lowest BCUT2D eigenvalue weighted by molar-refractivity contribution is -0.137. The molecule has 0 bridgehead atoms. The zero-order chi connectivity index (χ0) is 13.6. The number of alkyl halides is 3. The van der Waals surface area contributed by atoms with Gasteiger partial charge in [0.1, 0.15) is 0 Å². The van der Waals surface area contributed by atoms with E-state index in [1.54, 1.807) is 0 Å². The zero-order valence-electron chi connectivity index (χ0n) is 9.58. The van der Waals surface area contributed by atoms with E-state index in [4.69, 9.17) is 12.2 Å². The van der Waals surface area contributed by atoms with E-state index in [0.29, 0.717) is 17.2 Å². The van der Waals surface area contributed by atoms with Crippen LogP contribution in [0.1, 0.15) is 18.1 Å². The summed E-state index contributed by atoms with van der Waals surface area (Å²) in [5, 5.41) is 6.85. The molecule has 0 saturated heterocycles. The van der Waals surface area contributed by atoms with Crippen LogP contribution in [0.3, 0.4) is 0 Å². The first-order valence-corrected chi connectivity index (χ1v) is 5.58. The van der Waals surface area contributed by atoms with Crippen molar-refractivity contribution in [1.29, 1.82) is 0 Å². The van der Waals surface area contributed by atoms with E-state index in [0.717, 1.165) is 12.1 Å². The first kappa shape index (κ1) is 14.4. The number of halogens is 3. The molecular weight excluding hydrogens is 263 g/mol. The lowest BCUT2D eigenvalue weighted by Crippen LogP contribution is -2.31. The molecule has 1 rings (SSSR count). The van der Waals surface area contributed by atoms with Gasteiger partial charge in [-0.2, -0.15) is 18.3 Å². The number of hydrogen-bond donors (Lipinski definition) is 2. The molecule has 18 heavy (non-hydrogen) atoms. The van der Waals surface area contributed by atoms with Gasteiger partial charge in [0.05, 0.1) is 11.8 Å². The maximum atomic E-state index is 12.4. The molecule has 98 valence electrons. The van der Waals surface area contributed by atoms with Crippen LogP contribution in [0.5, 0.6) is 0 Å². The van der Waals surface area contributed by atoms with E-state index in [1.165, 1.54) is 18.3 Å². The second kappa shape index (κ2) is 6.34. The van der Waals surface area contributed by atoms with E-state index < -0.39 is 11.7 Å². The summed E-state index contributed by atoms with van der Waals surface area (Å²) in [4.78, 5) is 0. The predicted molar refractivity (Wildman–Crippen MR) is 68.4 cm³/mol. The number of hydrazone groups is 1. The van der Waals surface area contributed by atoms with Crippen molar-refractivity contribution in [3.8, 4) is 0 Å². The fraction of sp³-hybridized carbons (Fsp3) is 0.273. The number of nitrogens with zero attached hydrogens (tertiary/aromatic N) is 1. The van der Waals surface area contributed by atoms with Crippen LogP contribution in [0.25, 0.3) is 0 Å². The van der Waals surface area contributed by atoms with Gasteiger partial charge in [-0.05, 0) is 36.8 Å². The monoisotopic (exact) mass is 275 g/mol. The summed E-state index contributed by atoms with van der Waals surface area (Å²) >= 11 is 4.84. The van der Waals surface area contributed by atoms with Crippen molar-refractivity contribution in [3.05, 3.63) is 35.4 Å². The largest absolute Gasteiger partial charge is 0.416 e. The van der Waals surface area contributed by atoms with Crippen molar-refractivity contribution in [1.82, 2.24) is 10.7 Å². The fourth-order valence-corrected chi connectivity index (χ4v) is 1.36. The van der Waals surface area contributed by atoms with Crippen LogP contribution in [0.15, 0.2) is 29.4 Å². The van der Waals surface area contributed by atoms with E-state index >= 15 is 0 Å². The Morgan fingerprint density at radius 1 is 1.44 bits per heavy atom. The van der Waals surface area contributed by atoms with Crippen LogP contribution in [0.2, 0.25) is 0 Å². The highest BCUT2D eigenvalue weighted by atomic mass is 32.1. The number of benzene rings is 1. The van der Waals surface area contributed by atoms with Crippen LogP contribution in [0.4, 0.5) is 13.2 Å². The molecule has 7 heteroatoms. The molecule has 0 unspecified atom stereocenters. The van der Waals surface area contributed by atoms with Gasteiger partial charge >= 0.3 is 6.18 Å². The molecule has 3 nitrogen and oxygen atoms in total. The minimum Gasteiger partial charge on any atom is -0.362 e. The van der Waals surface area contributed by atoms with Crippen LogP contribution in [-0.2, 0) is 6.18 Å². The molecule has 0 amide bonds. The van der Waals surface area contributed by atoms with Gasteiger partial charge in [0.2, 0.25) is 0 Å². The van der Waals surface area contributed by atoms with Crippen LogP contribution < -0.4 is 10.7 Å². The SMILES string of the molecule is CCNC(=S)N/N=C/c1cccc(C(F)(F)F)c1. The number of rotatable bonds is 3. The zero-order valence-corrected chi connectivity index (χ0v) is 10.4. The minimum absolute atomic E-state index is 0.320. The normalized spacial score (nSPS) is 11.6. The molecule has 0 heterocycles. The van der Waals surface area contributed by atoms with E-state index in [1.807, 2.05) is 6.92 Å². The molecule has 0 fully saturated rings. The molecule has 1 aromatic carbocycles. The van der Waals surface area contributed by atoms with Crippen LogP contribution in [0, 0.1) is 0 Å². The highest BCUT2D eigenvalue weighted by Gasteiger charge is 2.30. The van der Waals surface area contributed by atoms with Crippen molar-refractivity contribution >= 4 is 23.5 Å². The maximum absolute atomic E-state index is 12.4. The summed E-state index contributed by atoms with van der Waals surface area (Å²) in [6.07, 6.45) is -3.07. The van der Waals surface area contributed by atoms with Gasteiger partial charge in [0.15, 0.2) is 5.11 Å². The van der Waals surface area contributed by atoms with Crippen molar-refractivity contribution in [2.24, 2.45) is 5.10 Å². The molecule has 0 aliphatic carbocycles. The van der Waals surface area contributed by atoms with Crippen LogP contribution in [-0.4, -0.2) is 17.9 Å². The van der Waals surface area contributed by atoms with Crippen molar-refractivity contribution in [2.75, 3.05) is 6.54 Å². The summed E-state index contributed by atoms with van der Waals surface area (Å²) in [7, 11) is 0. The van der Waals surface area contributed by atoms with Gasteiger partial charge in [-0.15, -0.1) is 0 Å². The summed E-state index contributed by atoms with van der Waals surface area (Å²) in [6.45, 7) is 2.51. The Kier molecular flexibility index (Phi) is 5.08. The second-order valence-electron chi connectivity index (χ2n) is 3.35. The van der Waals surface area contributed by atoms with Crippen molar-refractivity contribution in [2.45, 2.75) is 13.1 Å². The molecule has 0 atom stereocenters. The molecular formula is C11H12F3N3S. The lowest BCUT2D eigenvalue weighted by atomic mass is 10.1. The highest BCUT2D eigenvalue weighted by molar-refractivity contribution is 7.80. The Hall–Kier alpha value is -1.63. The Balaban J connectivity index is 2.68. The van der Waals surface area contributed by atoms with Crippen molar-refractivity contribution in [3.63, 3.8) is 0 Å². The average molecular weight is 275 g/mol. The number of thiocarbonyl (C=S) groups is 1. The topological polar surface area (TPSA) is 36.4 Å². The number of hydrogen-bond acceptors (Lipinski definition) is 2. The maximum Gasteiger partial charge on any atom is 0.416 e. The van der Waals surface area contributed by atoms with Gasteiger partial charge in [-0.1, -0.05) is 12.1 Å². The molecule has 0 aromatic heterocycles.